The third-order valence-electron chi connectivity index (χ3n) is 3.57. The monoisotopic (exact) mass is 245 g/mol. The van der Waals surface area contributed by atoms with Crippen LogP contribution in [0.1, 0.15) is 52.9 Å². The zero-order valence-electron chi connectivity index (χ0n) is 11.2. The van der Waals surface area contributed by atoms with Crippen LogP contribution in [-0.2, 0) is 0 Å². The Labute approximate surface area is 107 Å². The molecule has 0 N–H and O–H groups in total. The highest BCUT2D eigenvalue weighted by molar-refractivity contribution is 6.17. The van der Waals surface area contributed by atoms with E-state index in [1.165, 1.54) is 45.2 Å². The normalized spacial score (nSPS) is 18.4. The second kappa shape index (κ2) is 7.55. The van der Waals surface area contributed by atoms with Crippen LogP contribution in [0.5, 0.6) is 0 Å². The lowest BCUT2D eigenvalue weighted by molar-refractivity contribution is 0.231. The van der Waals surface area contributed by atoms with Gasteiger partial charge in [0.05, 0.1) is 0 Å². The summed E-state index contributed by atoms with van der Waals surface area (Å²) in [5.41, 5.74) is 0. The fourth-order valence-electron chi connectivity index (χ4n) is 2.06. The maximum atomic E-state index is 5.78. The Morgan fingerprint density at radius 2 is 1.69 bits per heavy atom. The highest BCUT2D eigenvalue weighted by Gasteiger charge is 2.28. The van der Waals surface area contributed by atoms with E-state index < -0.39 is 0 Å². The molecule has 0 amide bonds. The van der Waals surface area contributed by atoms with Gasteiger partial charge in [0, 0.05) is 11.9 Å². The summed E-state index contributed by atoms with van der Waals surface area (Å²) in [4.78, 5) is 2.71. The lowest BCUT2D eigenvalue weighted by Crippen LogP contribution is -2.30. The molecular formula is C14H28ClN. The van der Waals surface area contributed by atoms with Gasteiger partial charge in [0.25, 0.3) is 0 Å². The first kappa shape index (κ1) is 14.3. The number of hydrogen-bond acceptors (Lipinski definition) is 1. The first-order valence-electron chi connectivity index (χ1n) is 6.93. The molecule has 1 aliphatic rings. The molecule has 0 aromatic heterocycles. The van der Waals surface area contributed by atoms with E-state index in [0.29, 0.717) is 0 Å². The number of hydrogen-bond donors (Lipinski definition) is 0. The number of rotatable bonds is 9. The molecule has 0 radical (unpaired) electrons. The first-order valence-corrected chi connectivity index (χ1v) is 7.47. The molecule has 1 nitrogen and oxygen atoms in total. The van der Waals surface area contributed by atoms with Crippen LogP contribution in [-0.4, -0.2) is 29.9 Å². The van der Waals surface area contributed by atoms with Gasteiger partial charge in [-0.2, -0.15) is 0 Å². The molecule has 1 aliphatic carbocycles. The predicted molar refractivity (Wildman–Crippen MR) is 73.2 cm³/mol. The molecule has 0 heterocycles. The molecular weight excluding hydrogens is 218 g/mol. The van der Waals surface area contributed by atoms with Gasteiger partial charge in [0.15, 0.2) is 0 Å². The smallest absolute Gasteiger partial charge is 0.0225 e. The van der Waals surface area contributed by atoms with Crippen LogP contribution in [0.3, 0.4) is 0 Å². The largest absolute Gasteiger partial charge is 0.300 e. The second-order valence-electron chi connectivity index (χ2n) is 5.82. The van der Waals surface area contributed by atoms with Crippen LogP contribution in [0.2, 0.25) is 0 Å². The molecule has 1 atom stereocenters. The van der Waals surface area contributed by atoms with Gasteiger partial charge >= 0.3 is 0 Å². The van der Waals surface area contributed by atoms with E-state index in [1.807, 2.05) is 0 Å². The van der Waals surface area contributed by atoms with E-state index in [-0.39, 0.29) is 0 Å². The molecule has 16 heavy (non-hydrogen) atoms. The Hall–Kier alpha value is 0.250. The summed E-state index contributed by atoms with van der Waals surface area (Å²) in [6.07, 6.45) is 6.70. The molecule has 0 aliphatic heterocycles. The number of halogens is 1. The zero-order valence-corrected chi connectivity index (χ0v) is 12.0. The Balaban J connectivity index is 2.17. The summed E-state index contributed by atoms with van der Waals surface area (Å²) in [6, 6.07) is 0.918. The van der Waals surface area contributed by atoms with Gasteiger partial charge in [-0.1, -0.05) is 20.8 Å². The molecule has 0 spiro atoms. The third-order valence-corrected chi connectivity index (χ3v) is 3.79. The number of nitrogens with zero attached hydrogens (tertiary/aromatic N) is 1. The molecule has 0 saturated heterocycles. The van der Waals surface area contributed by atoms with Crippen LogP contribution in [0.15, 0.2) is 0 Å². The second-order valence-corrected chi connectivity index (χ2v) is 6.20. The van der Waals surface area contributed by atoms with Gasteiger partial charge in [-0.25, -0.2) is 0 Å². The van der Waals surface area contributed by atoms with Gasteiger partial charge in [-0.05, 0) is 57.0 Å². The predicted octanol–water partition coefficient (Wildman–Crippen LogP) is 4.15. The van der Waals surface area contributed by atoms with E-state index in [9.17, 15) is 0 Å². The van der Waals surface area contributed by atoms with Gasteiger partial charge in [-0.15, -0.1) is 11.6 Å². The van der Waals surface area contributed by atoms with E-state index in [4.69, 9.17) is 11.6 Å². The zero-order chi connectivity index (χ0) is 12.0. The summed E-state index contributed by atoms with van der Waals surface area (Å²) in [5.74, 6) is 2.44. The highest BCUT2D eigenvalue weighted by Crippen LogP contribution is 2.28. The third kappa shape index (κ3) is 6.10. The van der Waals surface area contributed by atoms with Crippen molar-refractivity contribution in [3.8, 4) is 0 Å². The van der Waals surface area contributed by atoms with E-state index in [0.717, 1.165) is 23.8 Å². The standard InChI is InChI=1S/C14H28ClN/c1-12(2)7-10-16(14-4-5-14)11-8-13(3)6-9-15/h12-14H,4-11H2,1-3H3. The van der Waals surface area contributed by atoms with E-state index in [2.05, 4.69) is 25.7 Å². The molecule has 1 rings (SSSR count). The molecule has 1 saturated carbocycles. The fourth-order valence-corrected chi connectivity index (χ4v) is 2.43. The van der Waals surface area contributed by atoms with Crippen LogP contribution < -0.4 is 0 Å². The maximum absolute atomic E-state index is 5.78. The molecule has 96 valence electrons. The first-order chi connectivity index (χ1) is 7.63. The minimum atomic E-state index is 0.790. The Kier molecular flexibility index (Phi) is 6.75. The van der Waals surface area contributed by atoms with Gasteiger partial charge in [0.2, 0.25) is 0 Å². The minimum Gasteiger partial charge on any atom is -0.300 e. The quantitative estimate of drug-likeness (QED) is 0.552. The van der Waals surface area contributed by atoms with Crippen molar-refractivity contribution >= 4 is 11.6 Å². The Morgan fingerprint density at radius 1 is 1.06 bits per heavy atom. The van der Waals surface area contributed by atoms with Crippen molar-refractivity contribution in [2.75, 3.05) is 19.0 Å². The van der Waals surface area contributed by atoms with Crippen molar-refractivity contribution in [1.29, 1.82) is 0 Å². The van der Waals surface area contributed by atoms with Crippen LogP contribution in [0, 0.1) is 11.8 Å². The molecule has 1 fully saturated rings. The summed E-state index contributed by atoms with van der Waals surface area (Å²) in [6.45, 7) is 9.56. The average molecular weight is 246 g/mol. The van der Waals surface area contributed by atoms with Crippen molar-refractivity contribution in [1.82, 2.24) is 4.90 Å². The SMILES string of the molecule is CC(C)CCN(CCC(C)CCCl)C1CC1. The summed E-state index contributed by atoms with van der Waals surface area (Å²) >= 11 is 5.78. The van der Waals surface area contributed by atoms with Gasteiger partial charge in [-0.3, -0.25) is 0 Å². The van der Waals surface area contributed by atoms with Crippen molar-refractivity contribution < 1.29 is 0 Å². The summed E-state index contributed by atoms with van der Waals surface area (Å²) < 4.78 is 0. The lowest BCUT2D eigenvalue weighted by Gasteiger charge is -2.24. The van der Waals surface area contributed by atoms with Crippen molar-refractivity contribution in [3.63, 3.8) is 0 Å². The van der Waals surface area contributed by atoms with E-state index >= 15 is 0 Å². The van der Waals surface area contributed by atoms with Crippen molar-refractivity contribution in [3.05, 3.63) is 0 Å². The van der Waals surface area contributed by atoms with E-state index in [1.54, 1.807) is 0 Å². The van der Waals surface area contributed by atoms with Crippen LogP contribution >= 0.6 is 11.6 Å². The number of alkyl halides is 1. The summed E-state index contributed by atoms with van der Waals surface area (Å²) in [7, 11) is 0. The van der Waals surface area contributed by atoms with Crippen LogP contribution in [0.25, 0.3) is 0 Å². The van der Waals surface area contributed by atoms with Crippen LogP contribution in [0.4, 0.5) is 0 Å². The summed E-state index contributed by atoms with van der Waals surface area (Å²) in [5, 5.41) is 0. The Bertz CT molecular complexity index is 178. The topological polar surface area (TPSA) is 3.24 Å². The maximum Gasteiger partial charge on any atom is 0.0225 e. The average Bonchev–Trinajstić information content (AvgIpc) is 3.01. The minimum absolute atomic E-state index is 0.790. The fraction of sp³-hybridized carbons (Fsp3) is 1.00. The molecule has 1 unspecified atom stereocenters. The molecule has 2 heteroatoms. The lowest BCUT2D eigenvalue weighted by atomic mass is 10.0. The molecule has 0 aromatic carbocycles. The molecule has 0 aromatic rings. The van der Waals surface area contributed by atoms with Crippen molar-refractivity contribution in [2.24, 2.45) is 11.8 Å². The van der Waals surface area contributed by atoms with Gasteiger partial charge < -0.3 is 4.90 Å². The Morgan fingerprint density at radius 3 is 2.19 bits per heavy atom. The van der Waals surface area contributed by atoms with Crippen molar-refractivity contribution in [2.45, 2.75) is 58.9 Å². The highest BCUT2D eigenvalue weighted by atomic mass is 35.5. The van der Waals surface area contributed by atoms with Gasteiger partial charge in [0.1, 0.15) is 0 Å². The molecule has 0 bridgehead atoms.